The summed E-state index contributed by atoms with van der Waals surface area (Å²) >= 11 is 0. The summed E-state index contributed by atoms with van der Waals surface area (Å²) in [5.41, 5.74) is 0. The molecule has 0 saturated heterocycles. The van der Waals surface area contributed by atoms with Gasteiger partial charge < -0.3 is 15.5 Å². The lowest BCUT2D eigenvalue weighted by atomic mass is 10.0. The van der Waals surface area contributed by atoms with Gasteiger partial charge in [0.2, 0.25) is 5.91 Å². The Bertz CT molecular complexity index is 672. The SMILES string of the molecule is CCCCCCCCCCCCCCCCCCCC/C=C/CC/C=C/CC/C=C/C(O)C(CO)NC(=O)CCCCCC. The maximum Gasteiger partial charge on any atom is 0.220 e. The van der Waals surface area contributed by atoms with Crippen LogP contribution in [0.5, 0.6) is 0 Å². The molecule has 0 aromatic heterocycles. The molecule has 0 heterocycles. The molecule has 0 radical (unpaired) electrons. The third-order valence-electron chi connectivity index (χ3n) is 8.60. The Hall–Kier alpha value is -1.39. The standard InChI is InChI=1S/C40H75NO3/c1-3-5-7-9-10-11-12-13-14-15-16-17-18-19-20-21-22-23-24-25-26-27-28-29-30-31-32-33-35-39(43)38(37-42)41-40(44)36-34-8-6-4-2/h25-26,29-30,33,35,38-39,42-43H,3-24,27-28,31-32,34,36-37H2,1-2H3,(H,41,44)/b26-25+,30-29+,35-33+. The summed E-state index contributed by atoms with van der Waals surface area (Å²) in [5, 5.41) is 22.6. The second kappa shape index (κ2) is 36.1. The minimum atomic E-state index is -0.863. The third-order valence-corrected chi connectivity index (χ3v) is 8.60. The van der Waals surface area contributed by atoms with Crippen molar-refractivity contribution in [1.82, 2.24) is 5.32 Å². The van der Waals surface area contributed by atoms with Crippen LogP contribution >= 0.6 is 0 Å². The summed E-state index contributed by atoms with van der Waals surface area (Å²) in [7, 11) is 0. The van der Waals surface area contributed by atoms with Crippen molar-refractivity contribution in [3.8, 4) is 0 Å². The van der Waals surface area contributed by atoms with Crippen LogP contribution < -0.4 is 5.32 Å². The number of aliphatic hydroxyl groups excluding tert-OH is 2. The largest absolute Gasteiger partial charge is 0.394 e. The van der Waals surface area contributed by atoms with Gasteiger partial charge in [0.05, 0.1) is 18.8 Å². The van der Waals surface area contributed by atoms with Gasteiger partial charge in [-0.15, -0.1) is 0 Å². The first-order valence-electron chi connectivity index (χ1n) is 19.2. The second-order valence-electron chi connectivity index (χ2n) is 13.0. The first-order chi connectivity index (χ1) is 21.7. The predicted octanol–water partition coefficient (Wildman–Crippen LogP) is 11.5. The molecule has 0 spiro atoms. The molecule has 3 N–H and O–H groups in total. The van der Waals surface area contributed by atoms with Crippen molar-refractivity contribution in [3.63, 3.8) is 0 Å². The van der Waals surface area contributed by atoms with Gasteiger partial charge in [0.25, 0.3) is 0 Å². The average molecular weight is 618 g/mol. The number of hydrogen-bond acceptors (Lipinski definition) is 3. The van der Waals surface area contributed by atoms with Gasteiger partial charge in [0.1, 0.15) is 0 Å². The van der Waals surface area contributed by atoms with E-state index in [9.17, 15) is 15.0 Å². The maximum atomic E-state index is 12.0. The van der Waals surface area contributed by atoms with E-state index in [1.165, 1.54) is 122 Å². The number of amides is 1. The highest BCUT2D eigenvalue weighted by molar-refractivity contribution is 5.76. The van der Waals surface area contributed by atoms with Crippen molar-refractivity contribution < 1.29 is 15.0 Å². The Kier molecular flexibility index (Phi) is 34.9. The first-order valence-corrected chi connectivity index (χ1v) is 19.2. The summed E-state index contributed by atoms with van der Waals surface area (Å²) in [6, 6.07) is -0.638. The molecule has 0 bridgehead atoms. The molecule has 0 aliphatic rings. The molecule has 0 aromatic carbocycles. The zero-order chi connectivity index (χ0) is 32.2. The number of aliphatic hydroxyl groups is 2. The Labute approximate surface area is 274 Å². The van der Waals surface area contributed by atoms with Crippen LogP contribution in [0.15, 0.2) is 36.5 Å². The smallest absolute Gasteiger partial charge is 0.220 e. The Morgan fingerprint density at radius 3 is 1.32 bits per heavy atom. The highest BCUT2D eigenvalue weighted by Crippen LogP contribution is 2.15. The zero-order valence-corrected chi connectivity index (χ0v) is 29.4. The summed E-state index contributed by atoms with van der Waals surface area (Å²) in [6.07, 6.45) is 47.3. The minimum Gasteiger partial charge on any atom is -0.394 e. The van der Waals surface area contributed by atoms with Crippen LogP contribution in [0.25, 0.3) is 0 Å². The number of hydrogen-bond donors (Lipinski definition) is 3. The molecule has 0 rings (SSSR count). The predicted molar refractivity (Wildman–Crippen MR) is 193 cm³/mol. The fourth-order valence-electron chi connectivity index (χ4n) is 5.62. The average Bonchev–Trinajstić information content (AvgIpc) is 3.03. The van der Waals surface area contributed by atoms with Gasteiger partial charge in [-0.25, -0.2) is 0 Å². The van der Waals surface area contributed by atoms with Crippen LogP contribution in [0, 0.1) is 0 Å². The van der Waals surface area contributed by atoms with Crippen molar-refractivity contribution in [3.05, 3.63) is 36.5 Å². The molecule has 2 unspecified atom stereocenters. The highest BCUT2D eigenvalue weighted by Gasteiger charge is 2.17. The van der Waals surface area contributed by atoms with Gasteiger partial charge in [0.15, 0.2) is 0 Å². The molecule has 0 aromatic rings. The van der Waals surface area contributed by atoms with Gasteiger partial charge >= 0.3 is 0 Å². The second-order valence-corrected chi connectivity index (χ2v) is 13.0. The van der Waals surface area contributed by atoms with E-state index >= 15 is 0 Å². The molecule has 44 heavy (non-hydrogen) atoms. The Morgan fingerprint density at radius 1 is 0.523 bits per heavy atom. The summed E-state index contributed by atoms with van der Waals surface area (Å²) in [6.45, 7) is 4.17. The molecule has 0 aliphatic carbocycles. The third kappa shape index (κ3) is 32.0. The maximum absolute atomic E-state index is 12.0. The fourth-order valence-corrected chi connectivity index (χ4v) is 5.62. The molecule has 2 atom stereocenters. The number of carbonyl (C=O) groups is 1. The fraction of sp³-hybridized carbons (Fsp3) is 0.825. The van der Waals surface area contributed by atoms with E-state index < -0.39 is 12.1 Å². The van der Waals surface area contributed by atoms with Crippen LogP contribution in [0.1, 0.15) is 194 Å². The van der Waals surface area contributed by atoms with E-state index in [0.717, 1.165) is 51.4 Å². The van der Waals surface area contributed by atoms with E-state index in [-0.39, 0.29) is 12.5 Å². The molecule has 1 amide bonds. The number of unbranched alkanes of at least 4 members (excludes halogenated alkanes) is 23. The summed E-state index contributed by atoms with van der Waals surface area (Å²) in [5.74, 6) is -0.0972. The minimum absolute atomic E-state index is 0.0972. The summed E-state index contributed by atoms with van der Waals surface area (Å²) in [4.78, 5) is 12.0. The van der Waals surface area contributed by atoms with Crippen molar-refractivity contribution >= 4 is 5.91 Å². The molecular weight excluding hydrogens is 542 g/mol. The molecule has 258 valence electrons. The van der Waals surface area contributed by atoms with E-state index in [1.807, 2.05) is 6.08 Å². The van der Waals surface area contributed by atoms with Gasteiger partial charge in [-0.2, -0.15) is 0 Å². The lowest BCUT2D eigenvalue weighted by molar-refractivity contribution is -0.123. The molecule has 4 heteroatoms. The topological polar surface area (TPSA) is 69.6 Å². The van der Waals surface area contributed by atoms with Gasteiger partial charge in [-0.3, -0.25) is 4.79 Å². The quantitative estimate of drug-likeness (QED) is 0.0497. The monoisotopic (exact) mass is 618 g/mol. The van der Waals surface area contributed by atoms with Gasteiger partial charge in [0, 0.05) is 6.42 Å². The molecule has 4 nitrogen and oxygen atoms in total. The molecule has 0 saturated carbocycles. The normalized spacial score (nSPS) is 13.5. The van der Waals surface area contributed by atoms with E-state index in [0.29, 0.717) is 6.42 Å². The van der Waals surface area contributed by atoms with Crippen molar-refractivity contribution in [1.29, 1.82) is 0 Å². The molecular formula is C40H75NO3. The first kappa shape index (κ1) is 42.6. The lowest BCUT2D eigenvalue weighted by Crippen LogP contribution is -2.45. The van der Waals surface area contributed by atoms with Crippen LogP contribution in [-0.2, 0) is 4.79 Å². The number of rotatable bonds is 34. The van der Waals surface area contributed by atoms with Crippen molar-refractivity contribution in [2.75, 3.05) is 6.61 Å². The van der Waals surface area contributed by atoms with E-state index in [2.05, 4.69) is 43.5 Å². The van der Waals surface area contributed by atoms with E-state index in [1.54, 1.807) is 6.08 Å². The summed E-state index contributed by atoms with van der Waals surface area (Å²) < 4.78 is 0. The molecule has 0 aliphatic heterocycles. The Morgan fingerprint density at radius 2 is 0.886 bits per heavy atom. The van der Waals surface area contributed by atoms with Crippen LogP contribution in [-0.4, -0.2) is 34.9 Å². The number of nitrogens with one attached hydrogen (secondary N) is 1. The lowest BCUT2D eigenvalue weighted by Gasteiger charge is -2.19. The van der Waals surface area contributed by atoms with Crippen LogP contribution in [0.2, 0.25) is 0 Å². The van der Waals surface area contributed by atoms with Crippen molar-refractivity contribution in [2.45, 2.75) is 206 Å². The van der Waals surface area contributed by atoms with Crippen molar-refractivity contribution in [2.24, 2.45) is 0 Å². The van der Waals surface area contributed by atoms with Gasteiger partial charge in [-0.05, 0) is 44.9 Å². The number of carbonyl (C=O) groups excluding carboxylic acids is 1. The highest BCUT2D eigenvalue weighted by atomic mass is 16.3. The van der Waals surface area contributed by atoms with Gasteiger partial charge in [-0.1, -0.05) is 179 Å². The zero-order valence-electron chi connectivity index (χ0n) is 29.4. The van der Waals surface area contributed by atoms with Crippen LogP contribution in [0.3, 0.4) is 0 Å². The number of allylic oxidation sites excluding steroid dienone is 5. The van der Waals surface area contributed by atoms with Crippen LogP contribution in [0.4, 0.5) is 0 Å². The Balaban J connectivity index is 3.50. The molecule has 0 fully saturated rings. The van der Waals surface area contributed by atoms with E-state index in [4.69, 9.17) is 0 Å².